The fraction of sp³-hybridized carbons (Fsp3) is 1.00. The Labute approximate surface area is 70.8 Å². The van der Waals surface area contributed by atoms with Gasteiger partial charge in [-0.3, -0.25) is 0 Å². The highest BCUT2D eigenvalue weighted by molar-refractivity contribution is 4.82. The molecule has 0 aliphatic heterocycles. The second kappa shape index (κ2) is 4.76. The summed E-state index contributed by atoms with van der Waals surface area (Å²) in [5.41, 5.74) is -0.363. The Morgan fingerprint density at radius 3 is 2.09 bits per heavy atom. The fourth-order valence-electron chi connectivity index (χ4n) is 1.49. The minimum absolute atomic E-state index is 0.363. The van der Waals surface area contributed by atoms with Crippen LogP contribution in [0.3, 0.4) is 0 Å². The van der Waals surface area contributed by atoms with E-state index in [0.717, 1.165) is 6.42 Å². The van der Waals surface area contributed by atoms with Crippen LogP contribution < -0.4 is 0 Å². The molecule has 0 amide bonds. The predicted molar refractivity (Wildman–Crippen MR) is 49.6 cm³/mol. The number of hydrogen-bond donors (Lipinski definition) is 1. The normalized spacial score (nSPS) is 37.4. The van der Waals surface area contributed by atoms with Crippen molar-refractivity contribution in [2.24, 2.45) is 5.92 Å². The third-order valence-corrected chi connectivity index (χ3v) is 2.63. The van der Waals surface area contributed by atoms with E-state index >= 15 is 0 Å². The molecule has 0 bridgehead atoms. The Bertz CT molecular complexity index is 97.0. The van der Waals surface area contributed by atoms with Crippen molar-refractivity contribution < 1.29 is 5.11 Å². The zero-order valence-corrected chi connectivity index (χ0v) is 8.35. The van der Waals surface area contributed by atoms with Crippen LogP contribution in [0, 0.1) is 5.92 Å². The maximum atomic E-state index is 9.64. The molecule has 1 N–H and O–H groups in total. The fourth-order valence-corrected chi connectivity index (χ4v) is 1.49. The van der Waals surface area contributed by atoms with Crippen molar-refractivity contribution in [3.8, 4) is 0 Å². The van der Waals surface area contributed by atoms with Gasteiger partial charge in [-0.25, -0.2) is 0 Å². The van der Waals surface area contributed by atoms with Crippen LogP contribution in [0.5, 0.6) is 0 Å². The van der Waals surface area contributed by atoms with Gasteiger partial charge in [0.1, 0.15) is 0 Å². The highest BCUT2D eigenvalue weighted by atomic mass is 16.3. The molecule has 1 saturated carbocycles. The largest absolute Gasteiger partial charge is 0.390 e. The van der Waals surface area contributed by atoms with Crippen LogP contribution in [0.15, 0.2) is 0 Å². The van der Waals surface area contributed by atoms with Crippen LogP contribution in [0.1, 0.15) is 53.4 Å². The van der Waals surface area contributed by atoms with E-state index in [9.17, 15) is 5.11 Å². The molecule has 0 heterocycles. The minimum Gasteiger partial charge on any atom is -0.390 e. The lowest BCUT2D eigenvalue weighted by Crippen LogP contribution is -2.35. The van der Waals surface area contributed by atoms with E-state index in [2.05, 4.69) is 6.92 Å². The van der Waals surface area contributed by atoms with Gasteiger partial charge in [0.2, 0.25) is 0 Å². The van der Waals surface area contributed by atoms with Crippen molar-refractivity contribution in [1.82, 2.24) is 0 Å². The van der Waals surface area contributed by atoms with Gasteiger partial charge < -0.3 is 5.11 Å². The first-order chi connectivity index (χ1) is 5.13. The zero-order valence-electron chi connectivity index (χ0n) is 8.35. The number of rotatable bonds is 0. The Hall–Kier alpha value is -0.0400. The van der Waals surface area contributed by atoms with Gasteiger partial charge in [-0.1, -0.05) is 33.6 Å². The SMILES string of the molecule is CC.CC1CCCCC1(C)O. The third kappa shape index (κ3) is 3.24. The van der Waals surface area contributed by atoms with Gasteiger partial charge in [-0.05, 0) is 25.7 Å². The molecule has 0 radical (unpaired) electrons. The van der Waals surface area contributed by atoms with Crippen LogP contribution in [0.4, 0.5) is 0 Å². The molecule has 1 rings (SSSR count). The summed E-state index contributed by atoms with van der Waals surface area (Å²) < 4.78 is 0. The number of aliphatic hydroxyl groups is 1. The van der Waals surface area contributed by atoms with Crippen LogP contribution in [0.25, 0.3) is 0 Å². The molecule has 1 aliphatic carbocycles. The Morgan fingerprint density at radius 2 is 1.82 bits per heavy atom. The zero-order chi connectivity index (χ0) is 8.91. The molecule has 0 aromatic rings. The molecule has 0 aromatic heterocycles. The Kier molecular flexibility index (Phi) is 4.74. The van der Waals surface area contributed by atoms with Crippen molar-refractivity contribution in [3.05, 3.63) is 0 Å². The van der Waals surface area contributed by atoms with Gasteiger partial charge in [0.15, 0.2) is 0 Å². The first kappa shape index (κ1) is 11.0. The summed E-state index contributed by atoms with van der Waals surface area (Å²) in [6, 6.07) is 0. The smallest absolute Gasteiger partial charge is 0.0645 e. The summed E-state index contributed by atoms with van der Waals surface area (Å²) in [7, 11) is 0. The monoisotopic (exact) mass is 158 g/mol. The average molecular weight is 158 g/mol. The maximum Gasteiger partial charge on any atom is 0.0645 e. The first-order valence-electron chi connectivity index (χ1n) is 4.85. The molecule has 2 unspecified atom stereocenters. The van der Waals surface area contributed by atoms with E-state index < -0.39 is 0 Å². The topological polar surface area (TPSA) is 20.2 Å². The summed E-state index contributed by atoms with van der Waals surface area (Å²) in [6.45, 7) is 8.09. The van der Waals surface area contributed by atoms with Crippen molar-refractivity contribution >= 4 is 0 Å². The number of hydrogen-bond acceptors (Lipinski definition) is 1. The van der Waals surface area contributed by atoms with E-state index in [-0.39, 0.29) is 5.60 Å². The highest BCUT2D eigenvalue weighted by Crippen LogP contribution is 2.32. The molecule has 0 spiro atoms. The highest BCUT2D eigenvalue weighted by Gasteiger charge is 2.30. The predicted octanol–water partition coefficient (Wildman–Crippen LogP) is 2.97. The summed E-state index contributed by atoms with van der Waals surface area (Å²) in [6.07, 6.45) is 4.70. The average Bonchev–Trinajstić information content (AvgIpc) is 2.00. The molecule has 0 aromatic carbocycles. The van der Waals surface area contributed by atoms with Crippen molar-refractivity contribution in [2.45, 2.75) is 59.0 Å². The summed E-state index contributed by atoms with van der Waals surface area (Å²) in [5.74, 6) is 0.506. The molecule has 2 atom stereocenters. The Balaban J connectivity index is 0.000000461. The van der Waals surface area contributed by atoms with E-state index in [1.165, 1.54) is 19.3 Å². The third-order valence-electron chi connectivity index (χ3n) is 2.63. The van der Waals surface area contributed by atoms with Gasteiger partial charge in [-0.15, -0.1) is 0 Å². The van der Waals surface area contributed by atoms with E-state index in [1.807, 2.05) is 20.8 Å². The van der Waals surface area contributed by atoms with Crippen LogP contribution in [-0.4, -0.2) is 10.7 Å². The second-order valence-electron chi connectivity index (χ2n) is 3.50. The summed E-state index contributed by atoms with van der Waals surface area (Å²) >= 11 is 0. The molecular weight excluding hydrogens is 136 g/mol. The van der Waals surface area contributed by atoms with E-state index in [4.69, 9.17) is 0 Å². The lowest BCUT2D eigenvalue weighted by molar-refractivity contribution is -0.0239. The molecular formula is C10H22O. The van der Waals surface area contributed by atoms with Crippen LogP contribution in [0.2, 0.25) is 0 Å². The van der Waals surface area contributed by atoms with Gasteiger partial charge in [0.05, 0.1) is 5.60 Å². The molecule has 1 aliphatic rings. The second-order valence-corrected chi connectivity index (χ2v) is 3.50. The quantitative estimate of drug-likeness (QED) is 0.574. The first-order valence-corrected chi connectivity index (χ1v) is 4.85. The molecule has 68 valence electrons. The van der Waals surface area contributed by atoms with Crippen LogP contribution >= 0.6 is 0 Å². The lowest BCUT2D eigenvalue weighted by atomic mass is 9.78. The maximum absolute atomic E-state index is 9.64. The van der Waals surface area contributed by atoms with Crippen molar-refractivity contribution in [3.63, 3.8) is 0 Å². The van der Waals surface area contributed by atoms with Gasteiger partial charge in [0, 0.05) is 0 Å². The van der Waals surface area contributed by atoms with Crippen molar-refractivity contribution in [2.75, 3.05) is 0 Å². The van der Waals surface area contributed by atoms with Crippen LogP contribution in [-0.2, 0) is 0 Å². The van der Waals surface area contributed by atoms with Gasteiger partial charge in [-0.2, -0.15) is 0 Å². The van der Waals surface area contributed by atoms with Gasteiger partial charge in [0.25, 0.3) is 0 Å². The molecule has 0 saturated heterocycles. The van der Waals surface area contributed by atoms with Crippen molar-refractivity contribution in [1.29, 1.82) is 0 Å². The summed E-state index contributed by atoms with van der Waals surface area (Å²) in [4.78, 5) is 0. The molecule has 1 nitrogen and oxygen atoms in total. The Morgan fingerprint density at radius 1 is 1.27 bits per heavy atom. The molecule has 11 heavy (non-hydrogen) atoms. The standard InChI is InChI=1S/C8H16O.C2H6/c1-7-5-3-4-6-8(7,2)9;1-2/h7,9H,3-6H2,1-2H3;1-2H3. The van der Waals surface area contributed by atoms with E-state index in [1.54, 1.807) is 0 Å². The molecule has 1 heteroatoms. The minimum atomic E-state index is -0.363. The summed E-state index contributed by atoms with van der Waals surface area (Å²) in [5, 5.41) is 9.64. The lowest BCUT2D eigenvalue weighted by Gasteiger charge is -2.34. The van der Waals surface area contributed by atoms with E-state index in [0.29, 0.717) is 5.92 Å². The van der Waals surface area contributed by atoms with Gasteiger partial charge >= 0.3 is 0 Å². The molecule has 1 fully saturated rings.